The molecule has 3 saturated heterocycles. The maximum Gasteiger partial charge on any atom is 0.311 e. The number of anilines is 2. The summed E-state index contributed by atoms with van der Waals surface area (Å²) in [4.78, 5) is 17.5. The van der Waals surface area contributed by atoms with Gasteiger partial charge in [0.2, 0.25) is 5.82 Å². The number of aromatic nitrogens is 1. The van der Waals surface area contributed by atoms with Crippen LogP contribution >= 0.6 is 0 Å². The van der Waals surface area contributed by atoms with Crippen LogP contribution in [-0.4, -0.2) is 47.5 Å². The van der Waals surface area contributed by atoms with Crippen molar-refractivity contribution in [2.75, 3.05) is 37.3 Å². The number of pyridine rings is 1. The van der Waals surface area contributed by atoms with Crippen molar-refractivity contribution in [3.63, 3.8) is 0 Å². The van der Waals surface area contributed by atoms with Crippen LogP contribution in [0.4, 0.5) is 17.3 Å². The molecule has 0 aliphatic carbocycles. The normalized spacial score (nSPS) is 28.1. The molecule has 1 aromatic rings. The molecule has 2 bridgehead atoms. The van der Waals surface area contributed by atoms with Gasteiger partial charge in [-0.3, -0.25) is 10.1 Å². The zero-order chi connectivity index (χ0) is 14.1. The Hall–Kier alpha value is -1.89. The summed E-state index contributed by atoms with van der Waals surface area (Å²) in [7, 11) is 1.76. The summed E-state index contributed by atoms with van der Waals surface area (Å²) in [5, 5.41) is 17.3. The molecular formula is C13H19N5O2. The fourth-order valence-corrected chi connectivity index (χ4v) is 3.15. The molecule has 1 atom stereocenters. The number of piperidine rings is 3. The molecule has 4 heterocycles. The van der Waals surface area contributed by atoms with Crippen molar-refractivity contribution in [3.8, 4) is 0 Å². The summed E-state index contributed by atoms with van der Waals surface area (Å²) in [6.07, 6.45) is 2.33. The molecule has 0 amide bonds. The van der Waals surface area contributed by atoms with Gasteiger partial charge >= 0.3 is 5.69 Å². The lowest BCUT2D eigenvalue weighted by Gasteiger charge is -2.45. The molecule has 20 heavy (non-hydrogen) atoms. The fraction of sp³-hybridized carbons (Fsp3) is 0.615. The van der Waals surface area contributed by atoms with Crippen molar-refractivity contribution in [3.05, 3.63) is 22.2 Å². The molecule has 2 N–H and O–H groups in total. The first kappa shape index (κ1) is 13.1. The minimum absolute atomic E-state index is 0.0421. The maximum atomic E-state index is 11.1. The minimum Gasteiger partial charge on any atom is -0.373 e. The van der Waals surface area contributed by atoms with E-state index < -0.39 is 0 Å². The van der Waals surface area contributed by atoms with Crippen LogP contribution in [0, 0.1) is 16.0 Å². The van der Waals surface area contributed by atoms with Crippen molar-refractivity contribution in [2.45, 2.75) is 18.9 Å². The summed E-state index contributed by atoms with van der Waals surface area (Å²) in [6, 6.07) is 3.39. The van der Waals surface area contributed by atoms with E-state index in [9.17, 15) is 10.1 Å². The molecule has 108 valence electrons. The van der Waals surface area contributed by atoms with E-state index >= 15 is 0 Å². The van der Waals surface area contributed by atoms with Gasteiger partial charge in [-0.05, 0) is 37.9 Å². The number of hydrogen-bond donors (Lipinski definition) is 2. The van der Waals surface area contributed by atoms with Gasteiger partial charge in [0.05, 0.1) is 4.92 Å². The van der Waals surface area contributed by atoms with Gasteiger partial charge in [0, 0.05) is 25.7 Å². The average molecular weight is 277 g/mol. The monoisotopic (exact) mass is 277 g/mol. The Kier molecular flexibility index (Phi) is 3.43. The molecule has 3 aliphatic rings. The number of nitrogens with one attached hydrogen (secondary N) is 2. The average Bonchev–Trinajstić information content (AvgIpc) is 2.48. The summed E-state index contributed by atoms with van der Waals surface area (Å²) in [5.41, 5.74) is 0.0421. The third kappa shape index (κ3) is 2.40. The van der Waals surface area contributed by atoms with Crippen molar-refractivity contribution in [2.24, 2.45) is 5.92 Å². The first-order chi connectivity index (χ1) is 9.67. The van der Waals surface area contributed by atoms with E-state index in [1.54, 1.807) is 13.1 Å². The van der Waals surface area contributed by atoms with Gasteiger partial charge in [-0.25, -0.2) is 4.98 Å². The SMILES string of the molecule is CNc1ccc([N+](=O)[O-])c(NC2CN3CCC2CC3)n1. The lowest BCUT2D eigenvalue weighted by molar-refractivity contribution is -0.384. The van der Waals surface area contributed by atoms with Crippen LogP contribution in [0.2, 0.25) is 0 Å². The number of nitrogens with zero attached hydrogens (tertiary/aromatic N) is 3. The topological polar surface area (TPSA) is 83.3 Å². The Morgan fingerprint density at radius 2 is 2.15 bits per heavy atom. The molecule has 1 unspecified atom stereocenters. The van der Waals surface area contributed by atoms with E-state index in [1.165, 1.54) is 6.07 Å². The van der Waals surface area contributed by atoms with Crippen LogP contribution in [0.1, 0.15) is 12.8 Å². The van der Waals surface area contributed by atoms with E-state index in [0.717, 1.165) is 32.5 Å². The van der Waals surface area contributed by atoms with E-state index in [0.29, 0.717) is 17.6 Å². The van der Waals surface area contributed by atoms with Crippen molar-refractivity contribution in [1.82, 2.24) is 9.88 Å². The Morgan fingerprint density at radius 1 is 1.40 bits per heavy atom. The zero-order valence-corrected chi connectivity index (χ0v) is 11.5. The molecule has 4 rings (SSSR count). The standard InChI is InChI=1S/C13H19N5O2/c1-14-12-3-2-11(18(19)20)13(16-12)15-10-8-17-6-4-9(10)5-7-17/h2-3,9-10H,4-8H2,1H3,(H2,14,15,16). The highest BCUT2D eigenvalue weighted by molar-refractivity contribution is 5.60. The molecule has 0 spiro atoms. The molecule has 1 aromatic heterocycles. The highest BCUT2D eigenvalue weighted by Crippen LogP contribution is 2.32. The number of fused-ring (bicyclic) bond motifs is 3. The quantitative estimate of drug-likeness (QED) is 0.641. The number of rotatable bonds is 4. The fourth-order valence-electron chi connectivity index (χ4n) is 3.15. The van der Waals surface area contributed by atoms with Gasteiger partial charge in [-0.15, -0.1) is 0 Å². The summed E-state index contributed by atoms with van der Waals surface area (Å²) in [6.45, 7) is 3.25. The summed E-state index contributed by atoms with van der Waals surface area (Å²) < 4.78 is 0. The summed E-state index contributed by atoms with van der Waals surface area (Å²) >= 11 is 0. The highest BCUT2D eigenvalue weighted by atomic mass is 16.6. The Morgan fingerprint density at radius 3 is 2.70 bits per heavy atom. The van der Waals surface area contributed by atoms with Crippen molar-refractivity contribution < 1.29 is 4.92 Å². The van der Waals surface area contributed by atoms with E-state index in [-0.39, 0.29) is 16.7 Å². The lowest BCUT2D eigenvalue weighted by atomic mass is 9.84. The molecule has 3 aliphatic heterocycles. The largest absolute Gasteiger partial charge is 0.373 e. The van der Waals surface area contributed by atoms with Gasteiger partial charge in [0.15, 0.2) is 0 Å². The van der Waals surface area contributed by atoms with Gasteiger partial charge in [0.1, 0.15) is 5.82 Å². The number of nitro groups is 1. The van der Waals surface area contributed by atoms with Crippen LogP contribution < -0.4 is 10.6 Å². The predicted octanol–water partition coefficient (Wildman–Crippen LogP) is 1.54. The maximum absolute atomic E-state index is 11.1. The van der Waals surface area contributed by atoms with Crippen molar-refractivity contribution in [1.29, 1.82) is 0 Å². The molecule has 0 aromatic carbocycles. The summed E-state index contributed by atoms with van der Waals surface area (Å²) in [5.74, 6) is 1.61. The molecule has 0 radical (unpaired) electrons. The van der Waals surface area contributed by atoms with E-state index in [2.05, 4.69) is 20.5 Å². The Balaban J connectivity index is 1.83. The van der Waals surface area contributed by atoms with Crippen LogP contribution in [0.5, 0.6) is 0 Å². The second kappa shape index (κ2) is 5.24. The molecule has 7 nitrogen and oxygen atoms in total. The Bertz CT molecular complexity index is 513. The minimum atomic E-state index is -0.379. The lowest BCUT2D eigenvalue weighted by Crippen LogP contribution is -2.53. The van der Waals surface area contributed by atoms with E-state index in [1.807, 2.05) is 0 Å². The smallest absolute Gasteiger partial charge is 0.311 e. The van der Waals surface area contributed by atoms with E-state index in [4.69, 9.17) is 0 Å². The first-order valence-electron chi connectivity index (χ1n) is 6.99. The van der Waals surface area contributed by atoms with Gasteiger partial charge in [0.25, 0.3) is 0 Å². The third-order valence-electron chi connectivity index (χ3n) is 4.31. The second-order valence-electron chi connectivity index (χ2n) is 5.46. The highest BCUT2D eigenvalue weighted by Gasteiger charge is 2.35. The first-order valence-corrected chi connectivity index (χ1v) is 6.99. The van der Waals surface area contributed by atoms with Gasteiger partial charge < -0.3 is 15.5 Å². The van der Waals surface area contributed by atoms with Gasteiger partial charge in [-0.2, -0.15) is 0 Å². The van der Waals surface area contributed by atoms with Crippen LogP contribution in [-0.2, 0) is 0 Å². The van der Waals surface area contributed by atoms with Gasteiger partial charge in [-0.1, -0.05) is 0 Å². The molecular weight excluding hydrogens is 258 g/mol. The predicted molar refractivity (Wildman–Crippen MR) is 77.0 cm³/mol. The van der Waals surface area contributed by atoms with Crippen LogP contribution in [0.3, 0.4) is 0 Å². The Labute approximate surface area is 117 Å². The van der Waals surface area contributed by atoms with Crippen LogP contribution in [0.25, 0.3) is 0 Å². The zero-order valence-electron chi connectivity index (χ0n) is 11.5. The molecule has 7 heteroatoms. The third-order valence-corrected chi connectivity index (χ3v) is 4.31. The molecule has 3 fully saturated rings. The van der Waals surface area contributed by atoms with Crippen LogP contribution in [0.15, 0.2) is 12.1 Å². The second-order valence-corrected chi connectivity index (χ2v) is 5.46. The van der Waals surface area contributed by atoms with Crippen molar-refractivity contribution >= 4 is 17.3 Å². The number of hydrogen-bond acceptors (Lipinski definition) is 6. The molecule has 0 saturated carbocycles.